The highest BCUT2D eigenvalue weighted by Gasteiger charge is 2.12. The molecule has 0 bridgehead atoms. The molecule has 5 nitrogen and oxygen atoms in total. The molecule has 1 heterocycles. The van der Waals surface area contributed by atoms with Crippen molar-refractivity contribution >= 4 is 0 Å². The number of piperazine rings is 1. The van der Waals surface area contributed by atoms with E-state index in [2.05, 4.69) is 10.2 Å². The number of aliphatic hydroxyl groups excluding tert-OH is 2. The van der Waals surface area contributed by atoms with Gasteiger partial charge in [-0.15, -0.1) is 0 Å². The maximum atomic E-state index is 9.08. The molecule has 92 valence electrons. The third-order valence-electron chi connectivity index (χ3n) is 2.23. The van der Waals surface area contributed by atoms with E-state index in [4.69, 9.17) is 10.2 Å². The van der Waals surface area contributed by atoms with Crippen LogP contribution >= 0.6 is 0 Å². The first-order valence-electron chi connectivity index (χ1n) is 5.46. The molecule has 1 atom stereocenters. The number of rotatable bonds is 3. The minimum atomic E-state index is -0.271. The summed E-state index contributed by atoms with van der Waals surface area (Å²) in [4.78, 5) is 3.98. The van der Waals surface area contributed by atoms with Gasteiger partial charge in [0.1, 0.15) is 6.23 Å². The summed E-state index contributed by atoms with van der Waals surface area (Å²) in [5.41, 5.74) is 0. The quantitative estimate of drug-likeness (QED) is 0.555. The van der Waals surface area contributed by atoms with E-state index in [0.29, 0.717) is 0 Å². The Labute approximate surface area is 92.7 Å². The molecule has 3 N–H and O–H groups in total. The van der Waals surface area contributed by atoms with Crippen LogP contribution in [0.15, 0.2) is 0 Å². The first-order valence-corrected chi connectivity index (χ1v) is 5.46. The van der Waals surface area contributed by atoms with Gasteiger partial charge in [0.05, 0.1) is 6.61 Å². The molecule has 0 saturated carbocycles. The molecule has 0 aromatic heterocycles. The zero-order valence-corrected chi connectivity index (χ0v) is 10.1. The van der Waals surface area contributed by atoms with Crippen LogP contribution in [0, 0.1) is 0 Å². The van der Waals surface area contributed by atoms with Crippen molar-refractivity contribution < 1.29 is 10.2 Å². The molecule has 1 unspecified atom stereocenters. The van der Waals surface area contributed by atoms with Crippen LogP contribution in [0.25, 0.3) is 0 Å². The molecule has 0 radical (unpaired) electrons. The van der Waals surface area contributed by atoms with E-state index < -0.39 is 0 Å². The number of likely N-dealkylation sites (N-methyl/N-ethyl adjacent to an activating group) is 1. The zero-order chi connectivity index (χ0) is 11.7. The molecule has 1 saturated heterocycles. The lowest BCUT2D eigenvalue weighted by molar-refractivity contribution is 0.0112. The standard InChI is InChI=1S/C6H14N2O.C4H11NO/c1-6(9)8-4-2-7-3-5-8;1-5(2)3-4-6/h6-7,9H,2-5H2,1H3;6H,3-4H2,1-2H3. The van der Waals surface area contributed by atoms with E-state index in [0.717, 1.165) is 32.7 Å². The van der Waals surface area contributed by atoms with Gasteiger partial charge >= 0.3 is 0 Å². The Bertz CT molecular complexity index is 137. The highest BCUT2D eigenvalue weighted by Crippen LogP contribution is 1.95. The summed E-state index contributed by atoms with van der Waals surface area (Å²) in [5, 5.41) is 20.5. The van der Waals surface area contributed by atoms with Gasteiger partial charge in [-0.2, -0.15) is 0 Å². The molecule has 0 aromatic carbocycles. The summed E-state index contributed by atoms with van der Waals surface area (Å²) >= 11 is 0. The number of nitrogens with zero attached hydrogens (tertiary/aromatic N) is 2. The first kappa shape index (κ1) is 14.8. The van der Waals surface area contributed by atoms with Crippen molar-refractivity contribution in [3.63, 3.8) is 0 Å². The molecule has 5 heteroatoms. The molecule has 1 aliphatic heterocycles. The van der Waals surface area contributed by atoms with Crippen LogP contribution in [0.5, 0.6) is 0 Å². The van der Waals surface area contributed by atoms with Crippen molar-refractivity contribution in [2.75, 3.05) is 53.4 Å². The predicted octanol–water partition coefficient (Wildman–Crippen LogP) is -1.23. The lowest BCUT2D eigenvalue weighted by atomic mass is 10.3. The van der Waals surface area contributed by atoms with Crippen molar-refractivity contribution in [3.05, 3.63) is 0 Å². The van der Waals surface area contributed by atoms with Gasteiger partial charge in [0.15, 0.2) is 0 Å². The predicted molar refractivity (Wildman–Crippen MR) is 61.8 cm³/mol. The third-order valence-corrected chi connectivity index (χ3v) is 2.23. The molecular formula is C10H25N3O2. The van der Waals surface area contributed by atoms with Crippen molar-refractivity contribution in [2.24, 2.45) is 0 Å². The van der Waals surface area contributed by atoms with Gasteiger partial charge < -0.3 is 20.4 Å². The monoisotopic (exact) mass is 219 g/mol. The SMILES string of the molecule is CC(O)N1CCNCC1.CN(C)CCO. The summed E-state index contributed by atoms with van der Waals surface area (Å²) in [7, 11) is 3.85. The summed E-state index contributed by atoms with van der Waals surface area (Å²) < 4.78 is 0. The fourth-order valence-corrected chi connectivity index (χ4v) is 1.26. The Balaban J connectivity index is 0.000000288. The van der Waals surface area contributed by atoms with Gasteiger partial charge in [-0.1, -0.05) is 0 Å². The highest BCUT2D eigenvalue weighted by atomic mass is 16.3. The van der Waals surface area contributed by atoms with Crippen LogP contribution in [0.4, 0.5) is 0 Å². The average molecular weight is 219 g/mol. The molecule has 0 aliphatic carbocycles. The molecule has 1 fully saturated rings. The molecule has 0 spiro atoms. The van der Waals surface area contributed by atoms with E-state index in [9.17, 15) is 0 Å². The van der Waals surface area contributed by atoms with Gasteiger partial charge in [0.25, 0.3) is 0 Å². The van der Waals surface area contributed by atoms with E-state index in [1.165, 1.54) is 0 Å². The van der Waals surface area contributed by atoms with Crippen molar-refractivity contribution in [3.8, 4) is 0 Å². The number of aliphatic hydroxyl groups is 2. The minimum absolute atomic E-state index is 0.257. The fourth-order valence-electron chi connectivity index (χ4n) is 1.26. The lowest BCUT2D eigenvalue weighted by Gasteiger charge is -2.29. The zero-order valence-electron chi connectivity index (χ0n) is 10.1. The summed E-state index contributed by atoms with van der Waals surface area (Å²) in [6.07, 6.45) is -0.271. The van der Waals surface area contributed by atoms with Crippen molar-refractivity contribution in [1.29, 1.82) is 0 Å². The van der Waals surface area contributed by atoms with Crippen LogP contribution in [0.3, 0.4) is 0 Å². The summed E-state index contributed by atoms with van der Waals surface area (Å²) in [6, 6.07) is 0. The summed E-state index contributed by atoms with van der Waals surface area (Å²) in [6.45, 7) is 6.78. The molecule has 1 aliphatic rings. The van der Waals surface area contributed by atoms with Crippen LogP contribution in [-0.4, -0.2) is 79.7 Å². The van der Waals surface area contributed by atoms with Crippen LogP contribution in [0.1, 0.15) is 6.92 Å². The Morgan fingerprint density at radius 3 is 2.07 bits per heavy atom. The molecular weight excluding hydrogens is 194 g/mol. The lowest BCUT2D eigenvalue weighted by Crippen LogP contribution is -2.47. The van der Waals surface area contributed by atoms with E-state index in [1.807, 2.05) is 25.9 Å². The Hall–Kier alpha value is -0.200. The van der Waals surface area contributed by atoms with Crippen molar-refractivity contribution in [2.45, 2.75) is 13.2 Å². The fraction of sp³-hybridized carbons (Fsp3) is 1.00. The topological polar surface area (TPSA) is 59.0 Å². The maximum Gasteiger partial charge on any atom is 0.104 e. The van der Waals surface area contributed by atoms with Gasteiger partial charge in [0, 0.05) is 32.7 Å². The Kier molecular flexibility index (Phi) is 8.94. The summed E-state index contributed by atoms with van der Waals surface area (Å²) in [5.74, 6) is 0. The van der Waals surface area contributed by atoms with Crippen LogP contribution in [0.2, 0.25) is 0 Å². The van der Waals surface area contributed by atoms with Gasteiger partial charge in [-0.3, -0.25) is 4.90 Å². The van der Waals surface area contributed by atoms with Crippen LogP contribution < -0.4 is 5.32 Å². The molecule has 0 amide bonds. The number of hydrogen-bond donors (Lipinski definition) is 3. The van der Waals surface area contributed by atoms with E-state index >= 15 is 0 Å². The van der Waals surface area contributed by atoms with Crippen LogP contribution in [-0.2, 0) is 0 Å². The second-order valence-corrected chi connectivity index (χ2v) is 3.94. The van der Waals surface area contributed by atoms with Gasteiger partial charge in [-0.05, 0) is 21.0 Å². The second-order valence-electron chi connectivity index (χ2n) is 3.94. The number of hydrogen-bond acceptors (Lipinski definition) is 5. The van der Waals surface area contributed by atoms with Crippen molar-refractivity contribution in [1.82, 2.24) is 15.1 Å². The van der Waals surface area contributed by atoms with E-state index in [1.54, 1.807) is 0 Å². The smallest absolute Gasteiger partial charge is 0.104 e. The molecule has 15 heavy (non-hydrogen) atoms. The van der Waals surface area contributed by atoms with E-state index in [-0.39, 0.29) is 12.8 Å². The average Bonchev–Trinajstić information content (AvgIpc) is 2.20. The first-order chi connectivity index (χ1) is 7.07. The molecule has 1 rings (SSSR count). The van der Waals surface area contributed by atoms with Gasteiger partial charge in [-0.25, -0.2) is 0 Å². The normalized spacial score (nSPS) is 19.6. The minimum Gasteiger partial charge on any atom is -0.395 e. The third kappa shape index (κ3) is 8.77. The number of nitrogens with one attached hydrogen (secondary N) is 1. The van der Waals surface area contributed by atoms with Gasteiger partial charge in [0.2, 0.25) is 0 Å². The second kappa shape index (κ2) is 9.06. The Morgan fingerprint density at radius 1 is 1.33 bits per heavy atom. The largest absolute Gasteiger partial charge is 0.395 e. The highest BCUT2D eigenvalue weighted by molar-refractivity contribution is 4.67. The Morgan fingerprint density at radius 2 is 1.87 bits per heavy atom. The molecule has 0 aromatic rings. The maximum absolute atomic E-state index is 9.08.